The van der Waals surface area contributed by atoms with Crippen LogP contribution in [0, 0.1) is 0 Å². The van der Waals surface area contributed by atoms with E-state index in [1.807, 2.05) is 0 Å². The molecule has 3 aromatic carbocycles. The Hall–Kier alpha value is -2.00. The normalized spacial score (nSPS) is 13.3. The molecule has 4 rings (SSSR count). The van der Waals surface area contributed by atoms with Gasteiger partial charge in [0.2, 0.25) is 0 Å². The molecular formula is C22H23BrN2. The quantitative estimate of drug-likeness (QED) is 0.521. The van der Waals surface area contributed by atoms with Crippen molar-refractivity contribution < 1.29 is 0 Å². The highest BCUT2D eigenvalue weighted by Gasteiger charge is 2.21. The van der Waals surface area contributed by atoms with Crippen molar-refractivity contribution in [3.63, 3.8) is 0 Å². The molecule has 2 nitrogen and oxygen atoms in total. The summed E-state index contributed by atoms with van der Waals surface area (Å²) >= 11 is 3.55. The summed E-state index contributed by atoms with van der Waals surface area (Å²) in [6.07, 6.45) is 1.14. The lowest BCUT2D eigenvalue weighted by Crippen LogP contribution is -2.20. The minimum Gasteiger partial charge on any atom is -0.374 e. The van der Waals surface area contributed by atoms with E-state index >= 15 is 0 Å². The molecule has 0 unspecified atom stereocenters. The molecule has 0 spiro atoms. The van der Waals surface area contributed by atoms with Crippen molar-refractivity contribution in [2.24, 2.45) is 0 Å². The molecule has 0 saturated heterocycles. The van der Waals surface area contributed by atoms with Gasteiger partial charge in [-0.1, -0.05) is 64.5 Å². The summed E-state index contributed by atoms with van der Waals surface area (Å²) in [6.45, 7) is 3.04. The summed E-state index contributed by atoms with van der Waals surface area (Å²) in [5.74, 6) is 0. The first-order valence-electron chi connectivity index (χ1n) is 8.88. The fraction of sp³-hybridized carbons (Fsp3) is 0.273. The molecular weight excluding hydrogens is 372 g/mol. The molecule has 0 aliphatic carbocycles. The molecule has 1 heterocycles. The van der Waals surface area contributed by atoms with E-state index in [2.05, 4.69) is 93.4 Å². The Balaban J connectivity index is 1.77. The topological polar surface area (TPSA) is 6.48 Å². The van der Waals surface area contributed by atoms with Gasteiger partial charge >= 0.3 is 0 Å². The summed E-state index contributed by atoms with van der Waals surface area (Å²) < 4.78 is 0. The minimum absolute atomic E-state index is 0.995. The van der Waals surface area contributed by atoms with Crippen LogP contribution in [0.4, 0.5) is 11.4 Å². The van der Waals surface area contributed by atoms with Crippen LogP contribution in [-0.4, -0.2) is 18.9 Å². The summed E-state index contributed by atoms with van der Waals surface area (Å²) in [4.78, 5) is 4.89. The molecule has 0 fully saturated rings. The number of benzene rings is 3. The molecule has 3 aromatic rings. The second-order valence-corrected chi connectivity index (χ2v) is 7.53. The maximum atomic E-state index is 3.55. The lowest BCUT2D eigenvalue weighted by atomic mass is 10.0. The zero-order valence-corrected chi connectivity index (χ0v) is 16.2. The number of fused-ring (bicyclic) bond motifs is 2. The number of halogens is 1. The third-order valence-electron chi connectivity index (χ3n) is 5.08. The van der Waals surface area contributed by atoms with Crippen LogP contribution in [0.25, 0.3) is 10.8 Å². The first-order valence-corrected chi connectivity index (χ1v) is 10.0. The summed E-state index contributed by atoms with van der Waals surface area (Å²) in [5.41, 5.74) is 5.56. The van der Waals surface area contributed by atoms with Gasteiger partial charge < -0.3 is 9.80 Å². The Morgan fingerprint density at radius 2 is 1.60 bits per heavy atom. The van der Waals surface area contributed by atoms with Gasteiger partial charge in [-0.15, -0.1) is 0 Å². The van der Waals surface area contributed by atoms with Crippen LogP contribution < -0.4 is 9.80 Å². The van der Waals surface area contributed by atoms with Gasteiger partial charge in [0.1, 0.15) is 0 Å². The predicted octanol–water partition coefficient (Wildman–Crippen LogP) is 5.58. The van der Waals surface area contributed by atoms with E-state index < -0.39 is 0 Å². The van der Waals surface area contributed by atoms with Crippen molar-refractivity contribution in [3.8, 4) is 0 Å². The molecule has 0 radical (unpaired) electrons. The number of alkyl halides is 1. The second kappa shape index (κ2) is 7.09. The largest absolute Gasteiger partial charge is 0.374 e. The van der Waals surface area contributed by atoms with Gasteiger partial charge in [0.25, 0.3) is 0 Å². The first kappa shape index (κ1) is 16.5. The lowest BCUT2D eigenvalue weighted by Gasteiger charge is -2.26. The molecule has 25 heavy (non-hydrogen) atoms. The number of anilines is 2. The fourth-order valence-corrected chi connectivity index (χ4v) is 4.05. The average Bonchev–Trinajstić information content (AvgIpc) is 3.09. The van der Waals surface area contributed by atoms with E-state index in [4.69, 9.17) is 0 Å². The van der Waals surface area contributed by atoms with Crippen molar-refractivity contribution in [1.29, 1.82) is 0 Å². The fourth-order valence-electron chi connectivity index (χ4n) is 3.80. The molecule has 0 bridgehead atoms. The summed E-state index contributed by atoms with van der Waals surface area (Å²) in [7, 11) is 2.20. The number of hydrogen-bond acceptors (Lipinski definition) is 2. The van der Waals surface area contributed by atoms with E-state index in [-0.39, 0.29) is 0 Å². The monoisotopic (exact) mass is 394 g/mol. The van der Waals surface area contributed by atoms with Crippen molar-refractivity contribution >= 4 is 38.1 Å². The Morgan fingerprint density at radius 1 is 0.920 bits per heavy atom. The highest BCUT2D eigenvalue weighted by Crippen LogP contribution is 2.38. The third-order valence-corrected chi connectivity index (χ3v) is 5.64. The van der Waals surface area contributed by atoms with Crippen LogP contribution in [0.3, 0.4) is 0 Å². The van der Waals surface area contributed by atoms with Crippen molar-refractivity contribution in [1.82, 2.24) is 0 Å². The van der Waals surface area contributed by atoms with Crippen molar-refractivity contribution in [2.45, 2.75) is 19.5 Å². The second-order valence-electron chi connectivity index (χ2n) is 6.74. The van der Waals surface area contributed by atoms with Gasteiger partial charge in [0.15, 0.2) is 0 Å². The SMILES string of the molecule is CN(CCCBr)c1cccc2cccc(N3Cc4ccccc4C3)c12. The lowest BCUT2D eigenvalue weighted by molar-refractivity contribution is 0.863. The third kappa shape index (κ3) is 3.13. The molecule has 0 saturated carbocycles. The smallest absolute Gasteiger partial charge is 0.0473 e. The molecule has 1 aliphatic heterocycles. The molecule has 0 N–H and O–H groups in total. The Bertz CT molecular complexity index is 860. The van der Waals surface area contributed by atoms with E-state index in [1.54, 1.807) is 0 Å². The van der Waals surface area contributed by atoms with Crippen LogP contribution in [0.2, 0.25) is 0 Å². The Kier molecular flexibility index (Phi) is 4.67. The Morgan fingerprint density at radius 3 is 2.28 bits per heavy atom. The molecule has 3 heteroatoms. The standard InChI is InChI=1S/C22H23BrN2/c1-24(14-6-13-23)20-11-4-9-17-10-5-12-21(22(17)20)25-15-18-7-2-3-8-19(18)16-25/h2-5,7-12H,6,13-16H2,1H3. The zero-order valence-electron chi connectivity index (χ0n) is 14.6. The molecule has 128 valence electrons. The van der Waals surface area contributed by atoms with Gasteiger partial charge in [0.05, 0.1) is 0 Å². The van der Waals surface area contributed by atoms with E-state index in [0.29, 0.717) is 0 Å². The van der Waals surface area contributed by atoms with Crippen LogP contribution in [0.15, 0.2) is 60.7 Å². The summed E-state index contributed by atoms with van der Waals surface area (Å²) in [6, 6.07) is 22.1. The van der Waals surface area contributed by atoms with Crippen LogP contribution in [0.5, 0.6) is 0 Å². The highest BCUT2D eigenvalue weighted by atomic mass is 79.9. The van der Waals surface area contributed by atoms with Gasteiger partial charge in [-0.05, 0) is 35.1 Å². The first-order chi connectivity index (χ1) is 12.3. The molecule has 0 amide bonds. The van der Waals surface area contributed by atoms with Crippen LogP contribution in [-0.2, 0) is 13.1 Å². The van der Waals surface area contributed by atoms with Gasteiger partial charge in [0, 0.05) is 48.8 Å². The van der Waals surface area contributed by atoms with Crippen LogP contribution >= 0.6 is 15.9 Å². The number of nitrogens with zero attached hydrogens (tertiary/aromatic N) is 2. The van der Waals surface area contributed by atoms with E-state index in [0.717, 1.165) is 31.4 Å². The van der Waals surface area contributed by atoms with Crippen molar-refractivity contribution in [3.05, 3.63) is 71.8 Å². The molecule has 0 aromatic heterocycles. The highest BCUT2D eigenvalue weighted by molar-refractivity contribution is 9.09. The van der Waals surface area contributed by atoms with E-state index in [1.165, 1.54) is 33.3 Å². The summed E-state index contributed by atoms with van der Waals surface area (Å²) in [5, 5.41) is 3.72. The van der Waals surface area contributed by atoms with Crippen LogP contribution in [0.1, 0.15) is 17.5 Å². The van der Waals surface area contributed by atoms with Gasteiger partial charge in [-0.25, -0.2) is 0 Å². The predicted molar refractivity (Wildman–Crippen MR) is 112 cm³/mol. The maximum Gasteiger partial charge on any atom is 0.0473 e. The van der Waals surface area contributed by atoms with Gasteiger partial charge in [-0.3, -0.25) is 0 Å². The van der Waals surface area contributed by atoms with E-state index in [9.17, 15) is 0 Å². The number of hydrogen-bond donors (Lipinski definition) is 0. The minimum atomic E-state index is 0.995. The van der Waals surface area contributed by atoms with Gasteiger partial charge in [-0.2, -0.15) is 0 Å². The average molecular weight is 395 g/mol. The maximum absolute atomic E-state index is 3.55. The zero-order chi connectivity index (χ0) is 17.2. The molecule has 1 aliphatic rings. The number of rotatable bonds is 5. The Labute approximate surface area is 158 Å². The van der Waals surface area contributed by atoms with Crippen molar-refractivity contribution in [2.75, 3.05) is 28.7 Å². The molecule has 0 atom stereocenters.